The normalized spacial score (nSPS) is 20.6. The van der Waals surface area contributed by atoms with Crippen LogP contribution < -0.4 is 10.2 Å². The third-order valence-corrected chi connectivity index (χ3v) is 4.25. The number of nitrogens with one attached hydrogen (secondary N) is 1. The van der Waals surface area contributed by atoms with Crippen LogP contribution in [0.4, 0.5) is 11.5 Å². The van der Waals surface area contributed by atoms with Gasteiger partial charge in [-0.05, 0) is 43.7 Å². The standard InChI is InChI=1S/C15H23N3/c1-2-7-13(6-1)12-17-14-8-5-9-16-15(14)18-10-3-4-11-18/h5,8-9,13,17H,1-4,6-7,10-12H2. The number of rotatable bonds is 4. The minimum Gasteiger partial charge on any atom is -0.382 e. The molecule has 0 spiro atoms. The topological polar surface area (TPSA) is 28.2 Å². The molecule has 1 aliphatic carbocycles. The first-order valence-electron chi connectivity index (χ1n) is 7.37. The van der Waals surface area contributed by atoms with Crippen molar-refractivity contribution in [1.29, 1.82) is 0 Å². The lowest BCUT2D eigenvalue weighted by Gasteiger charge is -2.21. The summed E-state index contributed by atoms with van der Waals surface area (Å²) in [5, 5.41) is 3.63. The molecule has 2 heterocycles. The highest BCUT2D eigenvalue weighted by molar-refractivity contribution is 5.65. The van der Waals surface area contributed by atoms with Gasteiger partial charge in [0.15, 0.2) is 5.82 Å². The summed E-state index contributed by atoms with van der Waals surface area (Å²) < 4.78 is 0. The van der Waals surface area contributed by atoms with Crippen LogP contribution in [-0.4, -0.2) is 24.6 Å². The van der Waals surface area contributed by atoms with Gasteiger partial charge in [-0.2, -0.15) is 0 Å². The number of anilines is 2. The molecule has 1 saturated carbocycles. The maximum Gasteiger partial charge on any atom is 0.151 e. The van der Waals surface area contributed by atoms with E-state index in [1.165, 1.54) is 44.2 Å². The molecule has 1 N–H and O–H groups in total. The van der Waals surface area contributed by atoms with E-state index in [-0.39, 0.29) is 0 Å². The minimum absolute atomic E-state index is 0.872. The fraction of sp³-hybridized carbons (Fsp3) is 0.667. The van der Waals surface area contributed by atoms with Crippen LogP contribution in [0.25, 0.3) is 0 Å². The van der Waals surface area contributed by atoms with Gasteiger partial charge in [-0.3, -0.25) is 0 Å². The van der Waals surface area contributed by atoms with E-state index in [1.54, 1.807) is 0 Å². The van der Waals surface area contributed by atoms with Crippen LogP contribution in [0.3, 0.4) is 0 Å². The van der Waals surface area contributed by atoms with Gasteiger partial charge in [0.1, 0.15) is 0 Å². The highest BCUT2D eigenvalue weighted by Crippen LogP contribution is 2.29. The third-order valence-electron chi connectivity index (χ3n) is 4.25. The van der Waals surface area contributed by atoms with Gasteiger partial charge in [0.25, 0.3) is 0 Å². The Morgan fingerprint density at radius 2 is 1.94 bits per heavy atom. The first kappa shape index (κ1) is 11.8. The maximum atomic E-state index is 4.57. The van der Waals surface area contributed by atoms with Crippen molar-refractivity contribution >= 4 is 11.5 Å². The van der Waals surface area contributed by atoms with Crippen LogP contribution in [0.15, 0.2) is 18.3 Å². The van der Waals surface area contributed by atoms with Crippen LogP contribution in [0.2, 0.25) is 0 Å². The molecule has 1 aromatic heterocycles. The molecule has 1 aliphatic heterocycles. The van der Waals surface area contributed by atoms with E-state index >= 15 is 0 Å². The number of pyridine rings is 1. The molecule has 1 aromatic rings. The number of aromatic nitrogens is 1. The fourth-order valence-corrected chi connectivity index (χ4v) is 3.18. The Hall–Kier alpha value is -1.25. The van der Waals surface area contributed by atoms with Crippen LogP contribution in [0.1, 0.15) is 38.5 Å². The van der Waals surface area contributed by atoms with Crippen molar-refractivity contribution in [2.45, 2.75) is 38.5 Å². The molecule has 0 bridgehead atoms. The van der Waals surface area contributed by atoms with Crippen molar-refractivity contribution in [3.63, 3.8) is 0 Å². The van der Waals surface area contributed by atoms with E-state index < -0.39 is 0 Å². The SMILES string of the molecule is c1cnc(N2CCCC2)c(NCC2CCCC2)c1. The van der Waals surface area contributed by atoms with E-state index in [0.717, 1.165) is 31.4 Å². The van der Waals surface area contributed by atoms with Crippen molar-refractivity contribution in [1.82, 2.24) is 4.98 Å². The van der Waals surface area contributed by atoms with Gasteiger partial charge >= 0.3 is 0 Å². The predicted molar refractivity (Wildman–Crippen MR) is 76.1 cm³/mol. The second-order valence-corrected chi connectivity index (χ2v) is 5.60. The van der Waals surface area contributed by atoms with E-state index in [4.69, 9.17) is 0 Å². The van der Waals surface area contributed by atoms with Crippen molar-refractivity contribution in [2.75, 3.05) is 29.9 Å². The zero-order valence-electron chi connectivity index (χ0n) is 11.1. The number of nitrogens with zero attached hydrogens (tertiary/aromatic N) is 2. The van der Waals surface area contributed by atoms with Gasteiger partial charge in [-0.25, -0.2) is 4.98 Å². The molecule has 0 aromatic carbocycles. The highest BCUT2D eigenvalue weighted by atomic mass is 15.2. The van der Waals surface area contributed by atoms with Crippen molar-refractivity contribution in [3.8, 4) is 0 Å². The minimum atomic E-state index is 0.872. The lowest BCUT2D eigenvalue weighted by Crippen LogP contribution is -2.21. The van der Waals surface area contributed by atoms with E-state index in [9.17, 15) is 0 Å². The Balaban J connectivity index is 1.66. The molecule has 0 unspecified atom stereocenters. The lowest BCUT2D eigenvalue weighted by molar-refractivity contribution is 0.579. The summed E-state index contributed by atoms with van der Waals surface area (Å²) in [4.78, 5) is 6.98. The second-order valence-electron chi connectivity index (χ2n) is 5.60. The molecule has 2 fully saturated rings. The largest absolute Gasteiger partial charge is 0.382 e. The molecular weight excluding hydrogens is 222 g/mol. The van der Waals surface area contributed by atoms with Gasteiger partial charge in [0.05, 0.1) is 5.69 Å². The van der Waals surface area contributed by atoms with Crippen LogP contribution >= 0.6 is 0 Å². The summed E-state index contributed by atoms with van der Waals surface area (Å²) in [6.07, 6.45) is 10.1. The molecule has 2 aliphatic rings. The number of hydrogen-bond acceptors (Lipinski definition) is 3. The smallest absolute Gasteiger partial charge is 0.151 e. The molecule has 0 radical (unpaired) electrons. The van der Waals surface area contributed by atoms with Gasteiger partial charge < -0.3 is 10.2 Å². The fourth-order valence-electron chi connectivity index (χ4n) is 3.18. The van der Waals surface area contributed by atoms with E-state index in [2.05, 4.69) is 21.3 Å². The molecule has 0 amide bonds. The molecule has 3 rings (SSSR count). The molecule has 0 atom stereocenters. The van der Waals surface area contributed by atoms with Crippen LogP contribution in [-0.2, 0) is 0 Å². The van der Waals surface area contributed by atoms with E-state index in [0.29, 0.717) is 0 Å². The number of hydrogen-bond donors (Lipinski definition) is 1. The summed E-state index contributed by atoms with van der Waals surface area (Å²) >= 11 is 0. The van der Waals surface area contributed by atoms with Gasteiger partial charge in [0, 0.05) is 25.8 Å². The van der Waals surface area contributed by atoms with Crippen LogP contribution in [0.5, 0.6) is 0 Å². The maximum absolute atomic E-state index is 4.57. The average molecular weight is 245 g/mol. The second kappa shape index (κ2) is 5.59. The zero-order valence-corrected chi connectivity index (χ0v) is 11.1. The first-order chi connectivity index (χ1) is 8.93. The summed E-state index contributed by atoms with van der Waals surface area (Å²) in [5.74, 6) is 2.03. The van der Waals surface area contributed by atoms with Gasteiger partial charge in [-0.15, -0.1) is 0 Å². The summed E-state index contributed by atoms with van der Waals surface area (Å²) in [7, 11) is 0. The summed E-state index contributed by atoms with van der Waals surface area (Å²) in [5.41, 5.74) is 1.23. The van der Waals surface area contributed by atoms with Crippen molar-refractivity contribution in [3.05, 3.63) is 18.3 Å². The van der Waals surface area contributed by atoms with Crippen molar-refractivity contribution < 1.29 is 0 Å². The molecule has 3 heteroatoms. The average Bonchev–Trinajstić information content (AvgIpc) is 3.10. The molecule has 3 nitrogen and oxygen atoms in total. The van der Waals surface area contributed by atoms with Crippen molar-refractivity contribution in [2.24, 2.45) is 5.92 Å². The van der Waals surface area contributed by atoms with E-state index in [1.807, 2.05) is 12.3 Å². The van der Waals surface area contributed by atoms with Crippen LogP contribution in [0, 0.1) is 5.92 Å². The predicted octanol–water partition coefficient (Wildman–Crippen LogP) is 3.28. The Kier molecular flexibility index (Phi) is 3.67. The first-order valence-corrected chi connectivity index (χ1v) is 7.37. The Labute approximate surface area is 110 Å². The third kappa shape index (κ3) is 2.60. The molecule has 98 valence electrons. The highest BCUT2D eigenvalue weighted by Gasteiger charge is 2.18. The van der Waals surface area contributed by atoms with Gasteiger partial charge in [0.2, 0.25) is 0 Å². The molecule has 18 heavy (non-hydrogen) atoms. The summed E-state index contributed by atoms with van der Waals surface area (Å²) in [6.45, 7) is 3.44. The molecule has 1 saturated heterocycles. The monoisotopic (exact) mass is 245 g/mol. The van der Waals surface area contributed by atoms with Gasteiger partial charge in [-0.1, -0.05) is 12.8 Å². The summed E-state index contributed by atoms with van der Waals surface area (Å²) in [6, 6.07) is 4.21. The molecular formula is C15H23N3. The quantitative estimate of drug-likeness (QED) is 0.882. The Morgan fingerprint density at radius 1 is 1.17 bits per heavy atom. The zero-order chi connectivity index (χ0) is 12.2. The Morgan fingerprint density at radius 3 is 2.72 bits per heavy atom. The lowest BCUT2D eigenvalue weighted by atomic mass is 10.1. The Bertz CT molecular complexity index is 379.